The van der Waals surface area contributed by atoms with E-state index in [1.165, 1.54) is 7.11 Å². The molecule has 1 atom stereocenters. The van der Waals surface area contributed by atoms with Crippen molar-refractivity contribution >= 4 is 40.1 Å². The minimum Gasteiger partial charge on any atom is -0.465 e. The van der Waals surface area contributed by atoms with Gasteiger partial charge < -0.3 is 19.7 Å². The summed E-state index contributed by atoms with van der Waals surface area (Å²) in [5.41, 5.74) is -0.654. The van der Waals surface area contributed by atoms with Crippen LogP contribution in [0.15, 0.2) is 51.8 Å². The number of hydrogen-bond acceptors (Lipinski definition) is 8. The maximum absolute atomic E-state index is 13.4. The lowest BCUT2D eigenvalue weighted by Gasteiger charge is -2.33. The van der Waals surface area contributed by atoms with Crippen molar-refractivity contribution in [1.29, 1.82) is 0 Å². The highest BCUT2D eigenvalue weighted by Crippen LogP contribution is 2.33. The minimum atomic E-state index is -1.93. The Hall–Kier alpha value is -3.61. The number of amides is 1. The van der Waals surface area contributed by atoms with Gasteiger partial charge in [-0.15, -0.1) is 0 Å². The Morgan fingerprint density at radius 3 is 2.57 bits per heavy atom. The number of aliphatic hydroxyl groups is 1. The number of hydrogen-bond donors (Lipinski definition) is 2. The first-order valence-corrected chi connectivity index (χ1v) is 12.2. The van der Waals surface area contributed by atoms with Crippen molar-refractivity contribution in [3.8, 4) is 11.8 Å². The van der Waals surface area contributed by atoms with Gasteiger partial charge in [0, 0.05) is 22.6 Å². The molecule has 2 N–H and O–H groups in total. The van der Waals surface area contributed by atoms with Gasteiger partial charge in [0.25, 0.3) is 5.91 Å². The number of nitrogens with one attached hydrogen (secondary N) is 1. The molecular formula is C26H24N2O6S. The van der Waals surface area contributed by atoms with Crippen molar-refractivity contribution in [3.63, 3.8) is 0 Å². The third-order valence-corrected chi connectivity index (χ3v) is 7.06. The van der Waals surface area contributed by atoms with Gasteiger partial charge in [-0.1, -0.05) is 17.0 Å². The fourth-order valence-corrected chi connectivity index (χ4v) is 5.08. The van der Waals surface area contributed by atoms with Gasteiger partial charge in [-0.3, -0.25) is 4.79 Å². The highest BCUT2D eigenvalue weighted by atomic mass is 32.2. The first-order chi connectivity index (χ1) is 16.8. The van der Waals surface area contributed by atoms with Crippen LogP contribution in [0, 0.1) is 24.7 Å². The van der Waals surface area contributed by atoms with Crippen LogP contribution in [0.5, 0.6) is 0 Å². The zero-order chi connectivity index (χ0) is 25.0. The standard InChI is InChI=1S/C26H24N2O6S/c1-16-22-15-20(7-8-21(22)24(30)34-28-16)27-25(31)26(32,19-10-13-35-14-11-19)12-9-17-3-5-18(6-4-17)23(29)33-2/h3-8,15,19,32H,10-11,13-14H2,1-2H3,(H,27,31). The Morgan fingerprint density at radius 2 is 1.89 bits per heavy atom. The average molecular weight is 493 g/mol. The van der Waals surface area contributed by atoms with Crippen LogP contribution in [0.4, 0.5) is 5.69 Å². The molecule has 180 valence electrons. The molecule has 1 aliphatic rings. The summed E-state index contributed by atoms with van der Waals surface area (Å²) in [6, 6.07) is 11.2. The first kappa shape index (κ1) is 24.5. The van der Waals surface area contributed by atoms with Crippen molar-refractivity contribution in [2.45, 2.75) is 25.4 Å². The van der Waals surface area contributed by atoms with Crippen molar-refractivity contribution in [3.05, 3.63) is 69.7 Å². The summed E-state index contributed by atoms with van der Waals surface area (Å²) in [7, 11) is 1.31. The second-order valence-electron chi connectivity index (χ2n) is 8.24. The fourth-order valence-electron chi connectivity index (χ4n) is 3.97. The number of fused-ring (bicyclic) bond motifs is 1. The first-order valence-electron chi connectivity index (χ1n) is 11.1. The van der Waals surface area contributed by atoms with Gasteiger partial charge in [-0.25, -0.2) is 9.59 Å². The fraction of sp³-hybridized carbons (Fsp3) is 0.308. The number of aryl methyl sites for hydroxylation is 1. The van der Waals surface area contributed by atoms with E-state index >= 15 is 0 Å². The zero-order valence-corrected chi connectivity index (χ0v) is 20.1. The predicted molar refractivity (Wildman–Crippen MR) is 133 cm³/mol. The summed E-state index contributed by atoms with van der Waals surface area (Å²) in [6.07, 6.45) is 1.29. The largest absolute Gasteiger partial charge is 0.465 e. The summed E-state index contributed by atoms with van der Waals surface area (Å²) in [5, 5.41) is 19.0. The number of nitrogens with zero attached hydrogens (tertiary/aromatic N) is 1. The molecule has 2 heterocycles. The molecule has 1 saturated heterocycles. The smallest absolute Gasteiger partial charge is 0.366 e. The second kappa shape index (κ2) is 10.3. The molecule has 0 bridgehead atoms. The van der Waals surface area contributed by atoms with Crippen LogP contribution in [0.1, 0.15) is 34.5 Å². The van der Waals surface area contributed by atoms with E-state index in [-0.39, 0.29) is 5.92 Å². The molecule has 0 aliphatic carbocycles. The summed E-state index contributed by atoms with van der Waals surface area (Å²) in [5.74, 6) is 5.92. The van der Waals surface area contributed by atoms with Gasteiger partial charge in [-0.2, -0.15) is 11.8 Å². The SMILES string of the molecule is COC(=O)c1ccc(C#CC(O)(C(=O)Nc2ccc3c(=O)onc(C)c3c2)C2CCSCC2)cc1. The molecule has 1 unspecified atom stereocenters. The van der Waals surface area contributed by atoms with E-state index in [2.05, 4.69) is 22.3 Å². The van der Waals surface area contributed by atoms with Crippen molar-refractivity contribution < 1.29 is 24.0 Å². The molecule has 0 saturated carbocycles. The van der Waals surface area contributed by atoms with Crippen LogP contribution in [0.2, 0.25) is 0 Å². The molecule has 0 radical (unpaired) electrons. The normalized spacial score (nSPS) is 15.5. The lowest BCUT2D eigenvalue weighted by molar-refractivity contribution is -0.133. The number of anilines is 1. The monoisotopic (exact) mass is 492 g/mol. The molecule has 1 amide bonds. The topological polar surface area (TPSA) is 119 Å². The van der Waals surface area contributed by atoms with Crippen LogP contribution in [0.25, 0.3) is 10.8 Å². The molecule has 1 aliphatic heterocycles. The Labute approximate surface area is 206 Å². The molecule has 1 aromatic heterocycles. The number of rotatable bonds is 4. The lowest BCUT2D eigenvalue weighted by atomic mass is 9.82. The summed E-state index contributed by atoms with van der Waals surface area (Å²) < 4.78 is 9.45. The maximum atomic E-state index is 13.4. The second-order valence-corrected chi connectivity index (χ2v) is 9.47. The van der Waals surface area contributed by atoms with E-state index in [1.54, 1.807) is 61.2 Å². The van der Waals surface area contributed by atoms with E-state index in [0.29, 0.717) is 46.1 Å². The van der Waals surface area contributed by atoms with E-state index < -0.39 is 23.1 Å². The highest BCUT2D eigenvalue weighted by molar-refractivity contribution is 7.99. The Balaban J connectivity index is 1.65. The van der Waals surface area contributed by atoms with E-state index in [0.717, 1.165) is 11.5 Å². The van der Waals surface area contributed by atoms with Crippen LogP contribution in [-0.4, -0.2) is 46.4 Å². The van der Waals surface area contributed by atoms with Gasteiger partial charge in [0.1, 0.15) is 0 Å². The highest BCUT2D eigenvalue weighted by Gasteiger charge is 2.43. The van der Waals surface area contributed by atoms with E-state index in [1.807, 2.05) is 0 Å². The Morgan fingerprint density at radius 1 is 1.17 bits per heavy atom. The summed E-state index contributed by atoms with van der Waals surface area (Å²) >= 11 is 1.78. The van der Waals surface area contributed by atoms with Crippen LogP contribution < -0.4 is 10.9 Å². The molecule has 3 aromatic rings. The van der Waals surface area contributed by atoms with Gasteiger partial charge in [0.15, 0.2) is 0 Å². The van der Waals surface area contributed by atoms with Crippen LogP contribution in [0.3, 0.4) is 0 Å². The molecule has 2 aromatic carbocycles. The van der Waals surface area contributed by atoms with Gasteiger partial charge >= 0.3 is 11.6 Å². The van der Waals surface area contributed by atoms with Gasteiger partial charge in [0.2, 0.25) is 5.60 Å². The maximum Gasteiger partial charge on any atom is 0.366 e. The number of esters is 1. The number of thioether (sulfide) groups is 1. The Bertz CT molecular complexity index is 1380. The van der Waals surface area contributed by atoms with E-state index in [4.69, 9.17) is 9.26 Å². The van der Waals surface area contributed by atoms with Crippen molar-refractivity contribution in [1.82, 2.24) is 5.16 Å². The van der Waals surface area contributed by atoms with Gasteiger partial charge in [-0.05, 0) is 73.7 Å². The van der Waals surface area contributed by atoms with Crippen LogP contribution in [-0.2, 0) is 9.53 Å². The van der Waals surface area contributed by atoms with Crippen LogP contribution >= 0.6 is 11.8 Å². The third-order valence-electron chi connectivity index (χ3n) is 6.01. The third kappa shape index (κ3) is 5.24. The average Bonchev–Trinajstić information content (AvgIpc) is 2.89. The number of benzene rings is 2. The molecule has 9 heteroatoms. The predicted octanol–water partition coefficient (Wildman–Crippen LogP) is 3.15. The summed E-state index contributed by atoms with van der Waals surface area (Å²) in [6.45, 7) is 1.70. The number of methoxy groups -OCH3 is 1. The molecule has 4 rings (SSSR count). The van der Waals surface area contributed by atoms with Gasteiger partial charge in [0.05, 0.1) is 23.8 Å². The lowest BCUT2D eigenvalue weighted by Crippen LogP contribution is -2.49. The molecule has 35 heavy (non-hydrogen) atoms. The zero-order valence-electron chi connectivity index (χ0n) is 19.3. The molecular weight excluding hydrogens is 468 g/mol. The quantitative estimate of drug-likeness (QED) is 0.421. The summed E-state index contributed by atoms with van der Waals surface area (Å²) in [4.78, 5) is 37.0. The number of ether oxygens (including phenoxy) is 1. The number of carbonyl (C=O) groups is 2. The van der Waals surface area contributed by atoms with E-state index in [9.17, 15) is 19.5 Å². The molecule has 8 nitrogen and oxygen atoms in total. The number of carbonyl (C=O) groups excluding carboxylic acids is 2. The number of aromatic nitrogens is 1. The molecule has 1 fully saturated rings. The molecule has 0 spiro atoms. The minimum absolute atomic E-state index is 0.346. The van der Waals surface area contributed by atoms with Crippen molar-refractivity contribution in [2.75, 3.05) is 23.9 Å². The van der Waals surface area contributed by atoms with Crippen molar-refractivity contribution in [2.24, 2.45) is 5.92 Å². The Kier molecular flexibility index (Phi) is 7.24.